The second-order valence-corrected chi connectivity index (χ2v) is 6.00. The standard InChI is InChI=1S/C17H28N2/c1-13-7-8-17(14(2)12-13)15(3)19-11-5-4-6-16(19)9-10-18/h7-8,12,15-16H,4-6,9-11,18H2,1-3H3. The Bertz CT molecular complexity index is 412. The van der Waals surface area contributed by atoms with Crippen LogP contribution in [0.5, 0.6) is 0 Å². The second-order valence-electron chi connectivity index (χ2n) is 6.00. The van der Waals surface area contributed by atoms with Crippen LogP contribution in [0.15, 0.2) is 18.2 Å². The number of piperidine rings is 1. The smallest absolute Gasteiger partial charge is 0.0325 e. The summed E-state index contributed by atoms with van der Waals surface area (Å²) >= 11 is 0. The molecule has 1 fully saturated rings. The van der Waals surface area contributed by atoms with Crippen molar-refractivity contribution < 1.29 is 0 Å². The zero-order valence-corrected chi connectivity index (χ0v) is 12.7. The van der Waals surface area contributed by atoms with Crippen molar-refractivity contribution >= 4 is 0 Å². The summed E-state index contributed by atoms with van der Waals surface area (Å²) in [6.45, 7) is 8.78. The molecule has 2 atom stereocenters. The summed E-state index contributed by atoms with van der Waals surface area (Å²) in [6.07, 6.45) is 5.14. The number of hydrogen-bond donors (Lipinski definition) is 1. The zero-order chi connectivity index (χ0) is 13.8. The van der Waals surface area contributed by atoms with Gasteiger partial charge in [0, 0.05) is 12.1 Å². The molecule has 1 heterocycles. The molecule has 1 aliphatic heterocycles. The summed E-state index contributed by atoms with van der Waals surface area (Å²) in [5.41, 5.74) is 10.0. The van der Waals surface area contributed by atoms with E-state index in [-0.39, 0.29) is 0 Å². The molecule has 2 N–H and O–H groups in total. The average molecular weight is 260 g/mol. The van der Waals surface area contributed by atoms with Crippen LogP contribution < -0.4 is 5.73 Å². The lowest BCUT2D eigenvalue weighted by Crippen LogP contribution is -2.42. The molecule has 2 heteroatoms. The molecule has 1 aliphatic rings. The van der Waals surface area contributed by atoms with Crippen LogP contribution in [0.2, 0.25) is 0 Å². The maximum atomic E-state index is 5.78. The van der Waals surface area contributed by atoms with E-state index in [0.29, 0.717) is 12.1 Å². The van der Waals surface area contributed by atoms with Crippen molar-refractivity contribution in [3.8, 4) is 0 Å². The van der Waals surface area contributed by atoms with Gasteiger partial charge in [0.25, 0.3) is 0 Å². The molecule has 0 amide bonds. The van der Waals surface area contributed by atoms with Gasteiger partial charge >= 0.3 is 0 Å². The van der Waals surface area contributed by atoms with Crippen molar-refractivity contribution in [2.75, 3.05) is 13.1 Å². The minimum atomic E-state index is 0.512. The molecular weight excluding hydrogens is 232 g/mol. The van der Waals surface area contributed by atoms with Crippen molar-refractivity contribution in [3.63, 3.8) is 0 Å². The van der Waals surface area contributed by atoms with Gasteiger partial charge in [0.15, 0.2) is 0 Å². The Hall–Kier alpha value is -0.860. The van der Waals surface area contributed by atoms with Crippen LogP contribution in [0.3, 0.4) is 0 Å². The van der Waals surface area contributed by atoms with Crippen LogP contribution in [0, 0.1) is 13.8 Å². The summed E-state index contributed by atoms with van der Waals surface area (Å²) in [7, 11) is 0. The van der Waals surface area contributed by atoms with Crippen LogP contribution in [-0.4, -0.2) is 24.0 Å². The third-order valence-electron chi connectivity index (χ3n) is 4.55. The molecule has 0 saturated carbocycles. The predicted molar refractivity (Wildman–Crippen MR) is 82.3 cm³/mol. The maximum absolute atomic E-state index is 5.78. The molecule has 0 radical (unpaired) electrons. The first-order valence-electron chi connectivity index (χ1n) is 7.66. The molecule has 2 unspecified atom stereocenters. The first-order valence-corrected chi connectivity index (χ1v) is 7.66. The summed E-state index contributed by atoms with van der Waals surface area (Å²) in [4.78, 5) is 2.67. The minimum absolute atomic E-state index is 0.512. The van der Waals surface area contributed by atoms with Crippen molar-refractivity contribution in [3.05, 3.63) is 34.9 Å². The Morgan fingerprint density at radius 1 is 1.32 bits per heavy atom. The van der Waals surface area contributed by atoms with Gasteiger partial charge in [-0.2, -0.15) is 0 Å². The van der Waals surface area contributed by atoms with Gasteiger partial charge in [-0.05, 0) is 64.3 Å². The largest absolute Gasteiger partial charge is 0.330 e. The maximum Gasteiger partial charge on any atom is 0.0325 e. The van der Waals surface area contributed by atoms with E-state index in [1.807, 2.05) is 0 Å². The van der Waals surface area contributed by atoms with E-state index in [1.165, 1.54) is 42.5 Å². The molecule has 1 saturated heterocycles. The summed E-state index contributed by atoms with van der Waals surface area (Å²) in [5.74, 6) is 0. The lowest BCUT2D eigenvalue weighted by molar-refractivity contribution is 0.0981. The molecule has 2 rings (SSSR count). The fourth-order valence-electron chi connectivity index (χ4n) is 3.51. The molecule has 0 spiro atoms. The van der Waals surface area contributed by atoms with E-state index in [4.69, 9.17) is 5.73 Å². The van der Waals surface area contributed by atoms with E-state index in [0.717, 1.165) is 13.0 Å². The van der Waals surface area contributed by atoms with Gasteiger partial charge in [-0.3, -0.25) is 4.90 Å². The van der Waals surface area contributed by atoms with Crippen LogP contribution >= 0.6 is 0 Å². The lowest BCUT2D eigenvalue weighted by Gasteiger charge is -2.40. The second kappa shape index (κ2) is 6.53. The van der Waals surface area contributed by atoms with Gasteiger partial charge in [-0.1, -0.05) is 30.2 Å². The predicted octanol–water partition coefficient (Wildman–Crippen LogP) is 3.57. The van der Waals surface area contributed by atoms with Gasteiger partial charge in [0.2, 0.25) is 0 Å². The van der Waals surface area contributed by atoms with Crippen molar-refractivity contribution in [2.24, 2.45) is 5.73 Å². The normalized spacial score (nSPS) is 22.4. The number of nitrogens with two attached hydrogens (primary N) is 1. The molecule has 0 aliphatic carbocycles. The fourth-order valence-corrected chi connectivity index (χ4v) is 3.51. The zero-order valence-electron chi connectivity index (χ0n) is 12.7. The highest BCUT2D eigenvalue weighted by molar-refractivity contribution is 5.32. The fraction of sp³-hybridized carbons (Fsp3) is 0.647. The number of hydrogen-bond acceptors (Lipinski definition) is 2. The van der Waals surface area contributed by atoms with Gasteiger partial charge < -0.3 is 5.73 Å². The quantitative estimate of drug-likeness (QED) is 0.896. The number of rotatable bonds is 4. The van der Waals surface area contributed by atoms with Crippen molar-refractivity contribution in [2.45, 2.75) is 58.5 Å². The molecule has 2 nitrogen and oxygen atoms in total. The molecular formula is C17H28N2. The van der Waals surface area contributed by atoms with Gasteiger partial charge in [0.05, 0.1) is 0 Å². The number of nitrogens with zero attached hydrogens (tertiary/aromatic N) is 1. The van der Waals surface area contributed by atoms with Crippen molar-refractivity contribution in [1.82, 2.24) is 4.90 Å². The van der Waals surface area contributed by atoms with Gasteiger partial charge in [-0.15, -0.1) is 0 Å². The molecule has 19 heavy (non-hydrogen) atoms. The monoisotopic (exact) mass is 260 g/mol. The third-order valence-corrected chi connectivity index (χ3v) is 4.55. The van der Waals surface area contributed by atoms with Crippen molar-refractivity contribution in [1.29, 1.82) is 0 Å². The van der Waals surface area contributed by atoms with Gasteiger partial charge in [0.1, 0.15) is 0 Å². The Kier molecular flexibility index (Phi) is 5.00. The first kappa shape index (κ1) is 14.5. The molecule has 0 bridgehead atoms. The topological polar surface area (TPSA) is 29.3 Å². The summed E-state index contributed by atoms with van der Waals surface area (Å²) < 4.78 is 0. The Morgan fingerprint density at radius 2 is 2.11 bits per heavy atom. The van der Waals surface area contributed by atoms with E-state index in [1.54, 1.807) is 0 Å². The number of benzene rings is 1. The Labute approximate surface area is 118 Å². The minimum Gasteiger partial charge on any atom is -0.330 e. The highest BCUT2D eigenvalue weighted by Crippen LogP contribution is 2.31. The average Bonchev–Trinajstić information content (AvgIpc) is 2.39. The van der Waals surface area contributed by atoms with E-state index < -0.39 is 0 Å². The van der Waals surface area contributed by atoms with Crippen LogP contribution in [0.4, 0.5) is 0 Å². The molecule has 106 valence electrons. The highest BCUT2D eigenvalue weighted by atomic mass is 15.2. The van der Waals surface area contributed by atoms with Crippen LogP contribution in [0.25, 0.3) is 0 Å². The van der Waals surface area contributed by atoms with E-state index in [2.05, 4.69) is 43.9 Å². The number of likely N-dealkylation sites (tertiary alicyclic amines) is 1. The van der Waals surface area contributed by atoms with Crippen LogP contribution in [-0.2, 0) is 0 Å². The van der Waals surface area contributed by atoms with E-state index in [9.17, 15) is 0 Å². The SMILES string of the molecule is Cc1ccc(C(C)N2CCCCC2CCN)c(C)c1. The first-order chi connectivity index (χ1) is 9.13. The van der Waals surface area contributed by atoms with Gasteiger partial charge in [-0.25, -0.2) is 0 Å². The Morgan fingerprint density at radius 3 is 2.79 bits per heavy atom. The lowest BCUT2D eigenvalue weighted by atomic mass is 9.93. The Balaban J connectivity index is 2.18. The summed E-state index contributed by atoms with van der Waals surface area (Å²) in [6, 6.07) is 8.03. The number of aryl methyl sites for hydroxylation is 2. The highest BCUT2D eigenvalue weighted by Gasteiger charge is 2.27. The molecule has 1 aromatic carbocycles. The third kappa shape index (κ3) is 3.37. The molecule has 0 aromatic heterocycles. The van der Waals surface area contributed by atoms with Crippen LogP contribution in [0.1, 0.15) is 55.3 Å². The molecule has 1 aromatic rings. The summed E-state index contributed by atoms with van der Waals surface area (Å²) in [5, 5.41) is 0. The van der Waals surface area contributed by atoms with E-state index >= 15 is 0 Å².